The van der Waals surface area contributed by atoms with Crippen molar-refractivity contribution in [3.63, 3.8) is 0 Å². The molecule has 0 aromatic carbocycles. The smallest absolute Gasteiger partial charge is 0.289 e. The van der Waals surface area contributed by atoms with Gasteiger partial charge in [0.05, 0.1) is 0 Å². The number of rotatable bonds is 6. The van der Waals surface area contributed by atoms with E-state index in [2.05, 4.69) is 4.72 Å². The Bertz CT molecular complexity index is 507. The summed E-state index contributed by atoms with van der Waals surface area (Å²) in [5.74, 6) is -0.288. The summed E-state index contributed by atoms with van der Waals surface area (Å²) in [6.45, 7) is 2.65. The fourth-order valence-corrected chi connectivity index (χ4v) is 2.01. The van der Waals surface area contributed by atoms with E-state index >= 15 is 0 Å². The molecule has 0 bridgehead atoms. The van der Waals surface area contributed by atoms with Crippen molar-refractivity contribution in [3.8, 4) is 0 Å². The van der Waals surface area contributed by atoms with Crippen molar-refractivity contribution in [2.24, 2.45) is 0 Å². The quantitative estimate of drug-likeness (QED) is 0.841. The largest absolute Gasteiger partial charge is 0.438 e. The molecule has 18 heavy (non-hydrogen) atoms. The zero-order chi connectivity index (χ0) is 13.8. The second-order valence-corrected chi connectivity index (χ2v) is 5.72. The first-order valence-corrected chi connectivity index (χ1v) is 7.19. The van der Waals surface area contributed by atoms with Crippen molar-refractivity contribution in [1.82, 2.24) is 9.62 Å². The number of nitrogens with one attached hydrogen (secondary N) is 1. The van der Waals surface area contributed by atoms with Crippen LogP contribution in [0.25, 0.3) is 0 Å². The number of carbonyl (C=O) groups excluding carboxylic acids is 1. The Labute approximate surface area is 107 Å². The van der Waals surface area contributed by atoms with Crippen LogP contribution in [0.5, 0.6) is 0 Å². The van der Waals surface area contributed by atoms with Gasteiger partial charge in [0.25, 0.3) is 15.9 Å². The first kappa shape index (κ1) is 14.7. The van der Waals surface area contributed by atoms with Gasteiger partial charge >= 0.3 is 0 Å². The molecule has 0 saturated carbocycles. The van der Waals surface area contributed by atoms with Gasteiger partial charge < -0.3 is 9.32 Å². The molecule has 1 rings (SSSR count). The summed E-state index contributed by atoms with van der Waals surface area (Å²) < 4.78 is 30.1. The van der Waals surface area contributed by atoms with Gasteiger partial charge in [-0.15, -0.1) is 0 Å². The Kier molecular flexibility index (Phi) is 4.92. The molecule has 0 aliphatic heterocycles. The molecule has 0 aliphatic rings. The van der Waals surface area contributed by atoms with Crippen LogP contribution in [0.3, 0.4) is 0 Å². The molecule has 1 amide bonds. The van der Waals surface area contributed by atoms with Gasteiger partial charge in [-0.3, -0.25) is 4.79 Å². The van der Waals surface area contributed by atoms with E-state index in [1.807, 2.05) is 6.92 Å². The zero-order valence-electron chi connectivity index (χ0n) is 10.8. The number of hydrogen-bond donors (Lipinski definition) is 1. The molecule has 0 aliphatic carbocycles. The highest BCUT2D eigenvalue weighted by molar-refractivity contribution is 7.89. The molecule has 1 aromatic rings. The molecular formula is C11H18N2O4S. The van der Waals surface area contributed by atoms with Crippen LogP contribution in [0.2, 0.25) is 0 Å². The summed E-state index contributed by atoms with van der Waals surface area (Å²) in [6.07, 6.45) is 1.87. The highest BCUT2D eigenvalue weighted by Crippen LogP contribution is 2.15. The van der Waals surface area contributed by atoms with Crippen LogP contribution < -0.4 is 4.72 Å². The molecule has 102 valence electrons. The predicted octanol–water partition coefficient (Wildman–Crippen LogP) is 1.06. The van der Waals surface area contributed by atoms with Gasteiger partial charge in [0.1, 0.15) is 0 Å². The van der Waals surface area contributed by atoms with E-state index in [1.165, 1.54) is 24.1 Å². The minimum Gasteiger partial charge on any atom is -0.438 e. The van der Waals surface area contributed by atoms with Gasteiger partial charge in [0.2, 0.25) is 5.09 Å². The maximum atomic E-state index is 11.9. The lowest BCUT2D eigenvalue weighted by Gasteiger charge is -2.14. The average Bonchev–Trinajstić information content (AvgIpc) is 2.85. The molecule has 0 radical (unpaired) electrons. The molecule has 1 heterocycles. The first-order chi connectivity index (χ1) is 8.42. The Balaban J connectivity index is 2.83. The minimum atomic E-state index is -3.64. The molecular weight excluding hydrogens is 256 g/mol. The van der Waals surface area contributed by atoms with Crippen molar-refractivity contribution in [3.05, 3.63) is 17.9 Å². The highest BCUT2D eigenvalue weighted by atomic mass is 32.2. The van der Waals surface area contributed by atoms with Crippen molar-refractivity contribution in [1.29, 1.82) is 0 Å². The van der Waals surface area contributed by atoms with Crippen LogP contribution in [0, 0.1) is 0 Å². The molecule has 0 atom stereocenters. The monoisotopic (exact) mass is 274 g/mol. The van der Waals surface area contributed by atoms with Gasteiger partial charge in [0.15, 0.2) is 5.76 Å². The number of hydrogen-bond acceptors (Lipinski definition) is 4. The van der Waals surface area contributed by atoms with Gasteiger partial charge in [0, 0.05) is 13.6 Å². The van der Waals surface area contributed by atoms with Crippen LogP contribution in [0.15, 0.2) is 21.6 Å². The van der Waals surface area contributed by atoms with Crippen molar-refractivity contribution in [2.45, 2.75) is 24.9 Å². The maximum absolute atomic E-state index is 11.9. The molecule has 1 N–H and O–H groups in total. The minimum absolute atomic E-state index is 0.0300. The number of sulfonamides is 1. The summed E-state index contributed by atoms with van der Waals surface area (Å²) in [4.78, 5) is 13.4. The second-order valence-electron chi connectivity index (χ2n) is 3.91. The summed E-state index contributed by atoms with van der Waals surface area (Å²) >= 11 is 0. The van der Waals surface area contributed by atoms with Crippen LogP contribution >= 0.6 is 0 Å². The number of furan rings is 1. The summed E-state index contributed by atoms with van der Waals surface area (Å²) in [6, 6.07) is 2.64. The van der Waals surface area contributed by atoms with Crippen molar-refractivity contribution >= 4 is 15.9 Å². The standard InChI is InChI=1S/C11H18N2O4S/c1-4-5-8-13(3)11(14)9-6-7-10(17-9)18(15,16)12-2/h6-7,12H,4-5,8H2,1-3H3. The fourth-order valence-electron chi connectivity index (χ4n) is 1.37. The van der Waals surface area contributed by atoms with Gasteiger partial charge in [-0.25, -0.2) is 13.1 Å². The van der Waals surface area contributed by atoms with Crippen LogP contribution in [0.1, 0.15) is 30.3 Å². The van der Waals surface area contributed by atoms with E-state index < -0.39 is 10.0 Å². The highest BCUT2D eigenvalue weighted by Gasteiger charge is 2.21. The Morgan fingerprint density at radius 1 is 1.44 bits per heavy atom. The van der Waals surface area contributed by atoms with Crippen LogP contribution in [-0.4, -0.2) is 39.9 Å². The number of amides is 1. The van der Waals surface area contributed by atoms with Crippen molar-refractivity contribution < 1.29 is 17.6 Å². The van der Waals surface area contributed by atoms with Crippen LogP contribution in [0.4, 0.5) is 0 Å². The van der Waals surface area contributed by atoms with Gasteiger partial charge in [-0.2, -0.15) is 0 Å². The van der Waals surface area contributed by atoms with E-state index in [4.69, 9.17) is 4.42 Å². The van der Waals surface area contributed by atoms with E-state index in [9.17, 15) is 13.2 Å². The van der Waals surface area contributed by atoms with Gasteiger partial charge in [-0.1, -0.05) is 13.3 Å². The van der Waals surface area contributed by atoms with E-state index in [0.717, 1.165) is 12.8 Å². The van der Waals surface area contributed by atoms with Crippen molar-refractivity contribution in [2.75, 3.05) is 20.6 Å². The molecule has 7 heteroatoms. The van der Waals surface area contributed by atoms with E-state index in [-0.39, 0.29) is 16.8 Å². The molecule has 0 saturated heterocycles. The number of nitrogens with zero attached hydrogens (tertiary/aromatic N) is 1. The molecule has 1 aromatic heterocycles. The third kappa shape index (κ3) is 3.33. The maximum Gasteiger partial charge on any atom is 0.289 e. The molecule has 0 fully saturated rings. The molecule has 0 unspecified atom stereocenters. The zero-order valence-corrected chi connectivity index (χ0v) is 11.6. The number of unbranched alkanes of at least 4 members (excludes halogenated alkanes) is 1. The van der Waals surface area contributed by atoms with Crippen LogP contribution in [-0.2, 0) is 10.0 Å². The first-order valence-electron chi connectivity index (χ1n) is 5.71. The van der Waals surface area contributed by atoms with E-state index in [0.29, 0.717) is 6.54 Å². The average molecular weight is 274 g/mol. The Hall–Kier alpha value is -1.34. The van der Waals surface area contributed by atoms with E-state index in [1.54, 1.807) is 7.05 Å². The summed E-state index contributed by atoms with van der Waals surface area (Å²) in [7, 11) is -0.697. The lowest BCUT2D eigenvalue weighted by molar-refractivity contribution is 0.0756. The predicted molar refractivity (Wildman–Crippen MR) is 66.8 cm³/mol. The summed E-state index contributed by atoms with van der Waals surface area (Å²) in [5, 5.41) is -0.253. The molecule has 6 nitrogen and oxygen atoms in total. The third-order valence-corrected chi connectivity index (χ3v) is 3.81. The molecule has 0 spiro atoms. The third-order valence-electron chi connectivity index (χ3n) is 2.52. The van der Waals surface area contributed by atoms with Gasteiger partial charge in [-0.05, 0) is 25.6 Å². The Morgan fingerprint density at radius 2 is 2.11 bits per heavy atom. The lowest BCUT2D eigenvalue weighted by Crippen LogP contribution is -2.27. The topological polar surface area (TPSA) is 79.6 Å². The normalized spacial score (nSPS) is 11.5. The number of carbonyl (C=O) groups is 1. The SMILES string of the molecule is CCCCN(C)C(=O)c1ccc(S(=O)(=O)NC)o1. The second kappa shape index (κ2) is 6.01. The fraction of sp³-hybridized carbons (Fsp3) is 0.545. The summed E-state index contributed by atoms with van der Waals surface area (Å²) in [5.41, 5.74) is 0. The Morgan fingerprint density at radius 3 is 2.67 bits per heavy atom. The lowest BCUT2D eigenvalue weighted by atomic mass is 10.3.